The molecule has 2 heterocycles. The van der Waals surface area contributed by atoms with Crippen LogP contribution in [0.2, 0.25) is 0 Å². The smallest absolute Gasteiger partial charge is 0.257 e. The van der Waals surface area contributed by atoms with Gasteiger partial charge in [-0.15, -0.1) is 0 Å². The van der Waals surface area contributed by atoms with Gasteiger partial charge in [-0.1, -0.05) is 18.2 Å². The Kier molecular flexibility index (Phi) is 4.01. The summed E-state index contributed by atoms with van der Waals surface area (Å²) < 4.78 is 19.1. The van der Waals surface area contributed by atoms with E-state index in [2.05, 4.69) is 6.07 Å². The molecule has 2 aromatic rings. The zero-order valence-electron chi connectivity index (χ0n) is 13.7. The van der Waals surface area contributed by atoms with Crippen molar-refractivity contribution in [2.24, 2.45) is 5.73 Å². The number of nitrogens with zero attached hydrogens (tertiary/aromatic N) is 1. The lowest BCUT2D eigenvalue weighted by molar-refractivity contribution is -0.115. The van der Waals surface area contributed by atoms with Gasteiger partial charge in [0.15, 0.2) is 0 Å². The average Bonchev–Trinajstić information content (AvgIpc) is 3.00. The number of anilines is 1. The summed E-state index contributed by atoms with van der Waals surface area (Å²) in [5, 5.41) is 0. The molecule has 2 aliphatic rings. The van der Waals surface area contributed by atoms with E-state index >= 15 is 0 Å². The number of ether oxygens (including phenoxy) is 1. The maximum atomic E-state index is 13.5. The second kappa shape index (κ2) is 6.33. The van der Waals surface area contributed by atoms with Crippen LogP contribution >= 0.6 is 0 Å². The molecule has 0 aromatic heterocycles. The van der Waals surface area contributed by atoms with Gasteiger partial charge in [0.05, 0.1) is 5.57 Å². The van der Waals surface area contributed by atoms with E-state index in [0.717, 1.165) is 17.7 Å². The van der Waals surface area contributed by atoms with E-state index in [-0.39, 0.29) is 24.2 Å². The average molecular weight is 338 g/mol. The molecule has 1 unspecified atom stereocenters. The van der Waals surface area contributed by atoms with Crippen molar-refractivity contribution in [1.82, 2.24) is 0 Å². The number of hydrogen-bond acceptors (Lipinski definition) is 3. The summed E-state index contributed by atoms with van der Waals surface area (Å²) >= 11 is 0. The van der Waals surface area contributed by atoms with Gasteiger partial charge in [-0.05, 0) is 48.9 Å². The van der Waals surface area contributed by atoms with Crippen molar-refractivity contribution in [2.45, 2.75) is 12.3 Å². The number of nitrogens with two attached hydrogens (primary N) is 1. The van der Waals surface area contributed by atoms with Crippen LogP contribution in [0.3, 0.4) is 0 Å². The van der Waals surface area contributed by atoms with Crippen molar-refractivity contribution in [3.05, 3.63) is 65.0 Å². The van der Waals surface area contributed by atoms with Crippen molar-refractivity contribution in [1.29, 1.82) is 0 Å². The fourth-order valence-corrected chi connectivity index (χ4v) is 3.58. The molecule has 2 aromatic carbocycles. The van der Waals surface area contributed by atoms with Crippen LogP contribution in [0, 0.1) is 5.82 Å². The maximum absolute atomic E-state index is 13.5. The minimum atomic E-state index is -0.346. The second-order valence-electron chi connectivity index (χ2n) is 6.39. The van der Waals surface area contributed by atoms with Crippen LogP contribution in [-0.2, 0) is 4.79 Å². The highest BCUT2D eigenvalue weighted by Gasteiger charge is 2.33. The molecule has 0 saturated carbocycles. The van der Waals surface area contributed by atoms with Crippen LogP contribution in [0.5, 0.6) is 5.75 Å². The predicted octanol–water partition coefficient (Wildman–Crippen LogP) is 3.08. The Hall–Kier alpha value is -2.66. The number of benzene rings is 2. The summed E-state index contributed by atoms with van der Waals surface area (Å²) in [6.45, 7) is 1.39. The van der Waals surface area contributed by atoms with E-state index in [1.165, 1.54) is 12.1 Å². The summed E-state index contributed by atoms with van der Waals surface area (Å²) in [5.41, 5.74) is 8.94. The van der Waals surface area contributed by atoms with E-state index in [9.17, 15) is 9.18 Å². The van der Waals surface area contributed by atoms with Crippen molar-refractivity contribution in [2.75, 3.05) is 24.6 Å². The van der Waals surface area contributed by atoms with Crippen LogP contribution in [-0.4, -0.2) is 25.6 Å². The number of para-hydroxylation sites is 1. The summed E-state index contributed by atoms with van der Waals surface area (Å²) in [4.78, 5) is 14.8. The third-order valence-electron chi connectivity index (χ3n) is 4.79. The van der Waals surface area contributed by atoms with E-state index in [1.807, 2.05) is 18.2 Å². The molecule has 0 spiro atoms. The van der Waals surface area contributed by atoms with Crippen LogP contribution in [0.25, 0.3) is 6.08 Å². The summed E-state index contributed by atoms with van der Waals surface area (Å²) in [5.74, 6) is 0.407. The molecule has 0 saturated heterocycles. The maximum Gasteiger partial charge on any atom is 0.257 e. The molecule has 0 bridgehead atoms. The Labute approximate surface area is 145 Å². The van der Waals surface area contributed by atoms with Crippen molar-refractivity contribution in [3.8, 4) is 5.75 Å². The first-order valence-electron chi connectivity index (χ1n) is 8.41. The lowest BCUT2D eigenvalue weighted by Crippen LogP contribution is -2.33. The van der Waals surface area contributed by atoms with Crippen LogP contribution < -0.4 is 15.4 Å². The quantitative estimate of drug-likeness (QED) is 0.936. The van der Waals surface area contributed by atoms with Crippen LogP contribution in [0.15, 0.2) is 48.0 Å². The van der Waals surface area contributed by atoms with Crippen LogP contribution in [0.1, 0.15) is 23.5 Å². The molecule has 5 heteroatoms. The Bertz CT molecular complexity index is 863. The predicted molar refractivity (Wildman–Crippen MR) is 95.1 cm³/mol. The van der Waals surface area contributed by atoms with E-state index < -0.39 is 0 Å². The van der Waals surface area contributed by atoms with Gasteiger partial charge in [-0.3, -0.25) is 4.79 Å². The molecule has 2 aliphatic heterocycles. The fourth-order valence-electron chi connectivity index (χ4n) is 3.58. The Balaban J connectivity index is 1.66. The molecule has 4 rings (SSSR count). The first kappa shape index (κ1) is 15.8. The zero-order valence-corrected chi connectivity index (χ0v) is 13.7. The van der Waals surface area contributed by atoms with Gasteiger partial charge in [0, 0.05) is 23.7 Å². The highest BCUT2D eigenvalue weighted by atomic mass is 19.1. The first-order chi connectivity index (χ1) is 12.2. The lowest BCUT2D eigenvalue weighted by atomic mass is 9.98. The van der Waals surface area contributed by atoms with Gasteiger partial charge in [-0.2, -0.15) is 0 Å². The molecule has 4 nitrogen and oxygen atoms in total. The number of carbonyl (C=O) groups excluding carboxylic acids is 1. The standard InChI is InChI=1S/C20H19FN2O2/c21-16-5-6-19-14(10-16)9-15(12-25-19)20(24)23-11-13(7-8-22)17-3-1-2-4-18(17)23/h1-6,9-10,13H,7-8,11-12,22H2. The Morgan fingerprint density at radius 3 is 2.96 bits per heavy atom. The molecule has 25 heavy (non-hydrogen) atoms. The van der Waals surface area contributed by atoms with Crippen molar-refractivity contribution in [3.63, 3.8) is 0 Å². The molecule has 0 radical (unpaired) electrons. The number of amides is 1. The van der Waals surface area contributed by atoms with E-state index in [4.69, 9.17) is 10.5 Å². The summed E-state index contributed by atoms with van der Waals surface area (Å²) in [6.07, 6.45) is 2.56. The van der Waals surface area contributed by atoms with Crippen LogP contribution in [0.4, 0.5) is 10.1 Å². The van der Waals surface area contributed by atoms with Gasteiger partial charge in [-0.25, -0.2) is 4.39 Å². The Morgan fingerprint density at radius 2 is 2.12 bits per heavy atom. The first-order valence-corrected chi connectivity index (χ1v) is 8.41. The summed E-state index contributed by atoms with van der Waals surface area (Å²) in [7, 11) is 0. The third kappa shape index (κ3) is 2.81. The van der Waals surface area contributed by atoms with E-state index in [1.54, 1.807) is 17.0 Å². The number of fused-ring (bicyclic) bond motifs is 2. The zero-order chi connectivity index (χ0) is 17.4. The van der Waals surface area contributed by atoms with Crippen molar-refractivity contribution >= 4 is 17.7 Å². The molecule has 1 amide bonds. The number of halogens is 1. The van der Waals surface area contributed by atoms with Gasteiger partial charge in [0.1, 0.15) is 18.2 Å². The molecule has 1 atom stereocenters. The van der Waals surface area contributed by atoms with Gasteiger partial charge >= 0.3 is 0 Å². The number of rotatable bonds is 3. The molecule has 128 valence electrons. The fraction of sp³-hybridized carbons (Fsp3) is 0.250. The Morgan fingerprint density at radius 1 is 1.28 bits per heavy atom. The monoisotopic (exact) mass is 338 g/mol. The molecule has 0 aliphatic carbocycles. The van der Waals surface area contributed by atoms with E-state index in [0.29, 0.717) is 30.0 Å². The topological polar surface area (TPSA) is 55.6 Å². The molecular formula is C20H19FN2O2. The van der Waals surface area contributed by atoms with Gasteiger partial charge < -0.3 is 15.4 Å². The molecular weight excluding hydrogens is 319 g/mol. The van der Waals surface area contributed by atoms with Gasteiger partial charge in [0.25, 0.3) is 5.91 Å². The normalized spacial score (nSPS) is 18.2. The molecule has 2 N–H and O–H groups in total. The minimum Gasteiger partial charge on any atom is -0.488 e. The SMILES string of the molecule is NCCC1CN(C(=O)C2=Cc3cc(F)ccc3OC2)c2ccccc21. The highest BCUT2D eigenvalue weighted by Crippen LogP contribution is 2.39. The number of hydrogen-bond donors (Lipinski definition) is 1. The third-order valence-corrected chi connectivity index (χ3v) is 4.79. The van der Waals surface area contributed by atoms with Crippen molar-refractivity contribution < 1.29 is 13.9 Å². The number of carbonyl (C=O) groups is 1. The summed E-state index contributed by atoms with van der Waals surface area (Å²) in [6, 6.07) is 12.3. The highest BCUT2D eigenvalue weighted by molar-refractivity contribution is 6.10. The van der Waals surface area contributed by atoms with Gasteiger partial charge in [0.2, 0.25) is 0 Å². The lowest BCUT2D eigenvalue weighted by Gasteiger charge is -2.23. The minimum absolute atomic E-state index is 0.0955. The largest absolute Gasteiger partial charge is 0.488 e. The molecule has 0 fully saturated rings. The second-order valence-corrected chi connectivity index (χ2v) is 6.39.